The lowest BCUT2D eigenvalue weighted by atomic mass is 10.2. The summed E-state index contributed by atoms with van der Waals surface area (Å²) in [6.07, 6.45) is 4.99. The number of piperazine rings is 1. The Morgan fingerprint density at radius 2 is 1.78 bits per heavy atom. The van der Waals surface area contributed by atoms with E-state index >= 15 is 0 Å². The van der Waals surface area contributed by atoms with Gasteiger partial charge in [0.2, 0.25) is 0 Å². The summed E-state index contributed by atoms with van der Waals surface area (Å²) in [6, 6.07) is 7.14. The van der Waals surface area contributed by atoms with Gasteiger partial charge < -0.3 is 9.80 Å². The third-order valence-corrected chi connectivity index (χ3v) is 4.66. The molecule has 4 rings (SSSR count). The fourth-order valence-corrected chi connectivity index (χ4v) is 3.12. The smallest absolute Gasteiger partial charge is 0.272 e. The number of nitrogens with zero attached hydrogens (tertiary/aromatic N) is 6. The topological polar surface area (TPSA) is 100 Å². The van der Waals surface area contributed by atoms with Crippen molar-refractivity contribution in [1.82, 2.24) is 34.8 Å². The second-order valence-electron chi connectivity index (χ2n) is 6.33. The van der Waals surface area contributed by atoms with Gasteiger partial charge in [0.25, 0.3) is 11.8 Å². The molecular formula is C18H19N7O2. The Hall–Kier alpha value is -3.49. The van der Waals surface area contributed by atoms with Crippen molar-refractivity contribution in [2.24, 2.45) is 7.05 Å². The van der Waals surface area contributed by atoms with Gasteiger partial charge in [-0.2, -0.15) is 10.2 Å². The predicted octanol–water partition coefficient (Wildman–Crippen LogP) is 0.803. The predicted molar refractivity (Wildman–Crippen MR) is 96.8 cm³/mol. The second kappa shape index (κ2) is 7.02. The molecule has 1 fully saturated rings. The first kappa shape index (κ1) is 17.0. The van der Waals surface area contributed by atoms with Crippen molar-refractivity contribution in [3.8, 4) is 11.3 Å². The first-order valence-electron chi connectivity index (χ1n) is 8.66. The van der Waals surface area contributed by atoms with Crippen LogP contribution in [-0.2, 0) is 7.05 Å². The molecule has 0 spiro atoms. The number of hydrogen-bond acceptors (Lipinski definition) is 5. The van der Waals surface area contributed by atoms with Gasteiger partial charge in [0, 0.05) is 57.4 Å². The van der Waals surface area contributed by atoms with Gasteiger partial charge in [-0.25, -0.2) is 0 Å². The highest BCUT2D eigenvalue weighted by Crippen LogP contribution is 2.17. The minimum atomic E-state index is -0.120. The van der Waals surface area contributed by atoms with E-state index in [1.54, 1.807) is 52.3 Å². The molecule has 0 aromatic carbocycles. The standard InChI is InChI=1S/C18H19N7O2/c1-23-16(4-6-20-23)18(27)25-9-7-24(8-10-25)17(26)15-11-14(21-22-15)13-3-2-5-19-12-13/h2-6,11-12H,7-10H2,1H3,(H,21,22). The van der Waals surface area contributed by atoms with E-state index in [0.717, 1.165) is 5.56 Å². The highest BCUT2D eigenvalue weighted by atomic mass is 16.2. The van der Waals surface area contributed by atoms with Crippen molar-refractivity contribution >= 4 is 11.8 Å². The Balaban J connectivity index is 1.40. The number of pyridine rings is 1. The van der Waals surface area contributed by atoms with Gasteiger partial charge in [-0.15, -0.1) is 0 Å². The van der Waals surface area contributed by atoms with Crippen LogP contribution >= 0.6 is 0 Å². The van der Waals surface area contributed by atoms with Gasteiger partial charge in [0.05, 0.1) is 5.69 Å². The van der Waals surface area contributed by atoms with E-state index in [4.69, 9.17) is 0 Å². The van der Waals surface area contributed by atoms with Gasteiger partial charge in [-0.3, -0.25) is 24.4 Å². The molecule has 1 saturated heterocycles. The third-order valence-electron chi connectivity index (χ3n) is 4.66. The minimum Gasteiger partial charge on any atom is -0.334 e. The molecule has 9 heteroatoms. The summed E-state index contributed by atoms with van der Waals surface area (Å²) in [5, 5.41) is 11.0. The number of aromatic nitrogens is 5. The van der Waals surface area contributed by atoms with Crippen LogP contribution in [0.3, 0.4) is 0 Å². The van der Waals surface area contributed by atoms with Gasteiger partial charge in [-0.05, 0) is 24.3 Å². The van der Waals surface area contributed by atoms with Crippen LogP contribution in [-0.4, -0.2) is 72.8 Å². The largest absolute Gasteiger partial charge is 0.334 e. The average Bonchev–Trinajstić information content (AvgIpc) is 3.37. The summed E-state index contributed by atoms with van der Waals surface area (Å²) in [6.45, 7) is 1.92. The number of nitrogens with one attached hydrogen (secondary N) is 1. The fourth-order valence-electron chi connectivity index (χ4n) is 3.12. The molecular weight excluding hydrogens is 346 g/mol. The molecule has 1 N–H and O–H groups in total. The lowest BCUT2D eigenvalue weighted by Crippen LogP contribution is -2.51. The van der Waals surface area contributed by atoms with Gasteiger partial charge in [0.15, 0.2) is 0 Å². The van der Waals surface area contributed by atoms with E-state index in [-0.39, 0.29) is 11.8 Å². The van der Waals surface area contributed by atoms with Crippen LogP contribution < -0.4 is 0 Å². The van der Waals surface area contributed by atoms with Gasteiger partial charge in [0.1, 0.15) is 11.4 Å². The molecule has 0 radical (unpaired) electrons. The maximum absolute atomic E-state index is 12.7. The van der Waals surface area contributed by atoms with Crippen molar-refractivity contribution in [3.05, 3.63) is 54.2 Å². The van der Waals surface area contributed by atoms with Crippen molar-refractivity contribution in [2.45, 2.75) is 0 Å². The highest BCUT2D eigenvalue weighted by Gasteiger charge is 2.27. The molecule has 3 aromatic heterocycles. The van der Waals surface area contributed by atoms with Crippen LogP contribution in [0.15, 0.2) is 42.9 Å². The van der Waals surface area contributed by atoms with E-state index in [9.17, 15) is 9.59 Å². The molecule has 138 valence electrons. The zero-order valence-electron chi connectivity index (χ0n) is 14.9. The monoisotopic (exact) mass is 365 g/mol. The van der Waals surface area contributed by atoms with E-state index in [1.165, 1.54) is 0 Å². The SMILES string of the molecule is Cn1nccc1C(=O)N1CCN(C(=O)c2cc(-c3cccnc3)n[nH]2)CC1. The maximum atomic E-state index is 12.7. The number of H-pyrrole nitrogens is 1. The quantitative estimate of drug-likeness (QED) is 0.740. The number of carbonyl (C=O) groups is 2. The Kier molecular flexibility index (Phi) is 4.41. The molecule has 0 bridgehead atoms. The molecule has 3 aromatic rings. The van der Waals surface area contributed by atoms with Crippen molar-refractivity contribution in [2.75, 3.05) is 26.2 Å². The van der Waals surface area contributed by atoms with E-state index < -0.39 is 0 Å². The normalized spacial score (nSPS) is 14.4. The summed E-state index contributed by atoms with van der Waals surface area (Å²) in [4.78, 5) is 32.8. The Morgan fingerprint density at radius 3 is 2.41 bits per heavy atom. The average molecular weight is 365 g/mol. The molecule has 4 heterocycles. The van der Waals surface area contributed by atoms with Crippen LogP contribution in [0.2, 0.25) is 0 Å². The zero-order valence-corrected chi connectivity index (χ0v) is 14.9. The molecule has 1 aliphatic rings. The molecule has 2 amide bonds. The van der Waals surface area contributed by atoms with E-state index in [0.29, 0.717) is 43.3 Å². The van der Waals surface area contributed by atoms with E-state index in [1.807, 2.05) is 12.1 Å². The number of carbonyl (C=O) groups excluding carboxylic acids is 2. The lowest BCUT2D eigenvalue weighted by molar-refractivity contribution is 0.0526. The second-order valence-corrected chi connectivity index (χ2v) is 6.33. The molecule has 0 atom stereocenters. The van der Waals surface area contributed by atoms with Crippen molar-refractivity contribution < 1.29 is 9.59 Å². The number of hydrogen-bond donors (Lipinski definition) is 1. The summed E-state index contributed by atoms with van der Waals surface area (Å²) < 4.78 is 1.56. The number of rotatable bonds is 3. The molecule has 27 heavy (non-hydrogen) atoms. The molecule has 0 aliphatic carbocycles. The van der Waals surface area contributed by atoms with E-state index in [2.05, 4.69) is 20.3 Å². The lowest BCUT2D eigenvalue weighted by Gasteiger charge is -2.34. The number of amides is 2. The third kappa shape index (κ3) is 3.31. The van der Waals surface area contributed by atoms with Crippen LogP contribution in [0, 0.1) is 0 Å². The minimum absolute atomic E-state index is 0.0671. The summed E-state index contributed by atoms with van der Waals surface area (Å²) >= 11 is 0. The Bertz CT molecular complexity index is 955. The van der Waals surface area contributed by atoms with Crippen LogP contribution in [0.1, 0.15) is 21.0 Å². The maximum Gasteiger partial charge on any atom is 0.272 e. The summed E-state index contributed by atoms with van der Waals surface area (Å²) in [7, 11) is 1.74. The first-order chi connectivity index (χ1) is 13.1. The zero-order chi connectivity index (χ0) is 18.8. The molecule has 1 aliphatic heterocycles. The summed E-state index contributed by atoms with van der Waals surface area (Å²) in [5.41, 5.74) is 2.50. The number of aromatic amines is 1. The van der Waals surface area contributed by atoms with Crippen LogP contribution in [0.5, 0.6) is 0 Å². The molecule has 0 saturated carbocycles. The fraction of sp³-hybridized carbons (Fsp3) is 0.278. The Labute approximate surface area is 155 Å². The van der Waals surface area contributed by atoms with Crippen molar-refractivity contribution in [1.29, 1.82) is 0 Å². The highest BCUT2D eigenvalue weighted by molar-refractivity contribution is 5.94. The van der Waals surface area contributed by atoms with Crippen molar-refractivity contribution in [3.63, 3.8) is 0 Å². The molecule has 9 nitrogen and oxygen atoms in total. The summed E-state index contributed by atoms with van der Waals surface area (Å²) in [5.74, 6) is -0.187. The van der Waals surface area contributed by atoms with Gasteiger partial charge >= 0.3 is 0 Å². The van der Waals surface area contributed by atoms with Gasteiger partial charge in [-0.1, -0.05) is 0 Å². The first-order valence-corrected chi connectivity index (χ1v) is 8.66. The number of aryl methyl sites for hydroxylation is 1. The van der Waals surface area contributed by atoms with Crippen LogP contribution in [0.4, 0.5) is 0 Å². The Morgan fingerprint density at radius 1 is 1.04 bits per heavy atom. The van der Waals surface area contributed by atoms with Crippen LogP contribution in [0.25, 0.3) is 11.3 Å². The molecule has 0 unspecified atom stereocenters.